The highest BCUT2D eigenvalue weighted by atomic mass is 19.4. The van der Waals surface area contributed by atoms with E-state index in [-0.39, 0.29) is 22.1 Å². The van der Waals surface area contributed by atoms with Crippen molar-refractivity contribution in [1.29, 1.82) is 0 Å². The number of fused-ring (bicyclic) bond motifs is 6. The standard InChI is InChI=1S/C45H22F8N6/c46-38-36(39(47)41(49)42(50)40(38)48)25-21-34(58-30-9-3-1-7-26(30)28-19-23(11-13-32(28)58)43-54-15-5-16-55-43)37(45(51,52)53)35(22-25)59-31-10-4-2-8-27(31)29-20-24(12-14-33(29)59)44-56-17-6-18-57-44/h1-22H. The average Bonchev–Trinajstić information content (AvgIpc) is 3.77. The molecule has 0 unspecified atom stereocenters. The molecule has 0 saturated heterocycles. The van der Waals surface area contributed by atoms with Gasteiger partial charge in [-0.25, -0.2) is 41.9 Å². The van der Waals surface area contributed by atoms with Gasteiger partial charge >= 0.3 is 6.18 Å². The van der Waals surface area contributed by atoms with Gasteiger partial charge in [-0.15, -0.1) is 0 Å². The minimum Gasteiger partial charge on any atom is -0.309 e. The molecule has 4 aromatic heterocycles. The van der Waals surface area contributed by atoms with Crippen molar-refractivity contribution in [3.8, 4) is 45.3 Å². The van der Waals surface area contributed by atoms with Crippen LogP contribution >= 0.6 is 0 Å². The lowest BCUT2D eigenvalue weighted by Gasteiger charge is -2.23. The Morgan fingerprint density at radius 3 is 1.20 bits per heavy atom. The average molecular weight is 799 g/mol. The minimum absolute atomic E-state index is 0.242. The molecule has 10 aromatic rings. The molecule has 0 spiro atoms. The number of hydrogen-bond acceptors (Lipinski definition) is 4. The van der Waals surface area contributed by atoms with Crippen LogP contribution in [0.1, 0.15) is 5.56 Å². The van der Waals surface area contributed by atoms with E-state index in [4.69, 9.17) is 0 Å². The molecular formula is C45H22F8N6. The van der Waals surface area contributed by atoms with E-state index < -0.39 is 63.3 Å². The van der Waals surface area contributed by atoms with Crippen molar-refractivity contribution >= 4 is 43.6 Å². The molecule has 59 heavy (non-hydrogen) atoms. The lowest BCUT2D eigenvalue weighted by atomic mass is 9.97. The molecule has 0 aliphatic carbocycles. The Hall–Kier alpha value is -7.48. The number of aromatic nitrogens is 6. The normalized spacial score (nSPS) is 12.1. The van der Waals surface area contributed by atoms with Crippen LogP contribution in [-0.2, 0) is 6.18 Å². The first-order valence-corrected chi connectivity index (χ1v) is 17.9. The highest BCUT2D eigenvalue weighted by molar-refractivity contribution is 6.12. The largest absolute Gasteiger partial charge is 0.420 e. The molecule has 6 aromatic carbocycles. The fraction of sp³-hybridized carbons (Fsp3) is 0.0222. The lowest BCUT2D eigenvalue weighted by Crippen LogP contribution is -2.16. The maximum Gasteiger partial charge on any atom is 0.420 e. The van der Waals surface area contributed by atoms with Crippen molar-refractivity contribution in [2.24, 2.45) is 0 Å². The molecule has 6 nitrogen and oxygen atoms in total. The molecule has 0 saturated carbocycles. The van der Waals surface area contributed by atoms with E-state index in [2.05, 4.69) is 19.9 Å². The summed E-state index contributed by atoms with van der Waals surface area (Å²) in [7, 11) is 0. The second kappa shape index (κ2) is 13.3. The lowest BCUT2D eigenvalue weighted by molar-refractivity contribution is -0.137. The van der Waals surface area contributed by atoms with Crippen LogP contribution in [-0.4, -0.2) is 29.1 Å². The first kappa shape index (κ1) is 35.9. The molecule has 0 atom stereocenters. The van der Waals surface area contributed by atoms with Crippen LogP contribution in [0, 0.1) is 29.1 Å². The molecule has 0 bridgehead atoms. The monoisotopic (exact) mass is 798 g/mol. The van der Waals surface area contributed by atoms with Gasteiger partial charge in [0.05, 0.1) is 39.0 Å². The summed E-state index contributed by atoms with van der Waals surface area (Å²) in [5.41, 5.74) is -2.50. The van der Waals surface area contributed by atoms with Crippen molar-refractivity contribution in [1.82, 2.24) is 29.1 Å². The van der Waals surface area contributed by atoms with E-state index in [1.54, 1.807) is 122 Å². The molecule has 288 valence electrons. The number of benzene rings is 6. The van der Waals surface area contributed by atoms with Crippen LogP contribution in [0.25, 0.3) is 88.9 Å². The summed E-state index contributed by atoms with van der Waals surface area (Å²) in [5, 5.41) is 1.97. The zero-order valence-electron chi connectivity index (χ0n) is 29.9. The highest BCUT2D eigenvalue weighted by Gasteiger charge is 2.40. The summed E-state index contributed by atoms with van der Waals surface area (Å²) in [6.45, 7) is 0. The number of nitrogens with zero attached hydrogens (tertiary/aromatic N) is 6. The van der Waals surface area contributed by atoms with Gasteiger partial charge in [0.25, 0.3) is 0 Å². The Morgan fingerprint density at radius 1 is 0.390 bits per heavy atom. The molecule has 0 N–H and O–H groups in total. The minimum atomic E-state index is -5.18. The Balaban J connectivity index is 1.37. The van der Waals surface area contributed by atoms with E-state index in [0.29, 0.717) is 44.3 Å². The molecule has 4 heterocycles. The Morgan fingerprint density at radius 2 is 0.780 bits per heavy atom. The van der Waals surface area contributed by atoms with Gasteiger partial charge in [0, 0.05) is 57.5 Å². The van der Waals surface area contributed by atoms with Gasteiger partial charge in [-0.05, 0) is 78.4 Å². The fourth-order valence-electron chi connectivity index (χ4n) is 7.90. The second-order valence-electron chi connectivity index (χ2n) is 13.6. The third kappa shape index (κ3) is 5.54. The summed E-state index contributed by atoms with van der Waals surface area (Å²) in [5.74, 6) is -10.6. The van der Waals surface area contributed by atoms with Crippen LogP contribution in [0.5, 0.6) is 0 Å². The molecule has 0 fully saturated rings. The molecule has 0 radical (unpaired) electrons. The van der Waals surface area contributed by atoms with Crippen molar-refractivity contribution in [2.45, 2.75) is 6.18 Å². The van der Waals surface area contributed by atoms with E-state index >= 15 is 22.0 Å². The van der Waals surface area contributed by atoms with Crippen molar-refractivity contribution in [3.05, 3.63) is 169 Å². The van der Waals surface area contributed by atoms with E-state index in [0.717, 1.165) is 12.1 Å². The quantitative estimate of drug-likeness (QED) is 0.0988. The van der Waals surface area contributed by atoms with E-state index in [1.807, 2.05) is 0 Å². The van der Waals surface area contributed by atoms with Gasteiger partial charge < -0.3 is 9.13 Å². The SMILES string of the molecule is Fc1c(F)c(F)c(-c2cc(-n3c4ccccc4c4cc(-c5ncccn5)ccc43)c(C(F)(F)F)c(-n3c4ccccc4c4cc(-c5ncccn5)ccc43)c2)c(F)c1F. The zero-order valence-corrected chi connectivity index (χ0v) is 29.9. The first-order valence-electron chi connectivity index (χ1n) is 17.9. The number of halogens is 8. The molecule has 0 amide bonds. The topological polar surface area (TPSA) is 61.4 Å². The molecule has 0 aliphatic heterocycles. The van der Waals surface area contributed by atoms with Crippen LogP contribution < -0.4 is 0 Å². The molecular weight excluding hydrogens is 777 g/mol. The maximum atomic E-state index is 16.2. The van der Waals surface area contributed by atoms with Crippen LogP contribution in [0.3, 0.4) is 0 Å². The molecule has 0 aliphatic rings. The summed E-state index contributed by atoms with van der Waals surface area (Å²) in [4.78, 5) is 17.2. The van der Waals surface area contributed by atoms with Crippen LogP contribution in [0.4, 0.5) is 35.1 Å². The van der Waals surface area contributed by atoms with Crippen LogP contribution in [0.2, 0.25) is 0 Å². The summed E-state index contributed by atoms with van der Waals surface area (Å²) in [6.07, 6.45) is 1.00. The molecule has 14 heteroatoms. The third-order valence-electron chi connectivity index (χ3n) is 10.4. The molecule has 10 rings (SSSR count). The zero-order chi connectivity index (χ0) is 40.7. The summed E-state index contributed by atoms with van der Waals surface area (Å²) in [6, 6.07) is 27.9. The van der Waals surface area contributed by atoms with Gasteiger partial charge in [-0.1, -0.05) is 36.4 Å². The van der Waals surface area contributed by atoms with Gasteiger partial charge in [0.1, 0.15) is 5.56 Å². The van der Waals surface area contributed by atoms with Crippen LogP contribution in [0.15, 0.2) is 134 Å². The van der Waals surface area contributed by atoms with E-state index in [1.165, 1.54) is 9.13 Å². The summed E-state index contributed by atoms with van der Waals surface area (Å²) >= 11 is 0. The summed E-state index contributed by atoms with van der Waals surface area (Å²) < 4.78 is 127. The highest BCUT2D eigenvalue weighted by Crippen LogP contribution is 2.47. The van der Waals surface area contributed by atoms with Gasteiger partial charge in [0.15, 0.2) is 34.9 Å². The second-order valence-corrected chi connectivity index (χ2v) is 13.6. The third-order valence-corrected chi connectivity index (χ3v) is 10.4. The Labute approximate surface area is 327 Å². The maximum absolute atomic E-state index is 16.2. The number of rotatable bonds is 5. The smallest absolute Gasteiger partial charge is 0.309 e. The first-order chi connectivity index (χ1) is 28.5. The predicted octanol–water partition coefficient (Wildman–Crippen LogP) is 12.2. The number of hydrogen-bond donors (Lipinski definition) is 0. The van der Waals surface area contributed by atoms with Crippen molar-refractivity contribution in [2.75, 3.05) is 0 Å². The van der Waals surface area contributed by atoms with Gasteiger partial charge in [-0.3, -0.25) is 0 Å². The van der Waals surface area contributed by atoms with Crippen molar-refractivity contribution in [3.63, 3.8) is 0 Å². The fourth-order valence-corrected chi connectivity index (χ4v) is 7.90. The van der Waals surface area contributed by atoms with Gasteiger partial charge in [0.2, 0.25) is 5.82 Å². The Kier molecular flexibility index (Phi) is 8.09. The predicted molar refractivity (Wildman–Crippen MR) is 207 cm³/mol. The number of para-hydroxylation sites is 2. The van der Waals surface area contributed by atoms with Gasteiger partial charge in [-0.2, -0.15) is 13.2 Å². The van der Waals surface area contributed by atoms with Crippen molar-refractivity contribution < 1.29 is 35.1 Å². The Bertz CT molecular complexity index is 3120. The van der Waals surface area contributed by atoms with E-state index in [9.17, 15) is 13.2 Å². The number of alkyl halides is 3.